The molecule has 0 spiro atoms. The van der Waals surface area contributed by atoms with Gasteiger partial charge in [0.1, 0.15) is 0 Å². The van der Waals surface area contributed by atoms with Crippen LogP contribution in [0.3, 0.4) is 0 Å². The molecule has 2 rings (SSSR count). The molecule has 1 aromatic rings. The van der Waals surface area contributed by atoms with Gasteiger partial charge in [-0.2, -0.15) is 0 Å². The Balaban J connectivity index is 1.75. The first-order valence-corrected chi connectivity index (χ1v) is 5.34. The van der Waals surface area contributed by atoms with Crippen molar-refractivity contribution in [2.75, 3.05) is 6.54 Å². The lowest BCUT2D eigenvalue weighted by molar-refractivity contribution is 0.641. The van der Waals surface area contributed by atoms with E-state index in [1.807, 2.05) is 5.51 Å². The summed E-state index contributed by atoms with van der Waals surface area (Å²) in [7, 11) is 0. The van der Waals surface area contributed by atoms with Gasteiger partial charge in [-0.3, -0.25) is 0 Å². The van der Waals surface area contributed by atoms with E-state index in [1.54, 1.807) is 11.3 Å². The fourth-order valence-corrected chi connectivity index (χ4v) is 1.95. The Morgan fingerprint density at radius 2 is 2.50 bits per heavy atom. The molecule has 12 heavy (non-hydrogen) atoms. The second kappa shape index (κ2) is 3.54. The predicted octanol–water partition coefficient (Wildman–Crippen LogP) is 1.95. The lowest BCUT2D eigenvalue weighted by Crippen LogP contribution is -2.15. The molecule has 1 aliphatic rings. The van der Waals surface area contributed by atoms with Crippen molar-refractivity contribution in [2.24, 2.45) is 5.92 Å². The van der Waals surface area contributed by atoms with Gasteiger partial charge < -0.3 is 5.32 Å². The Morgan fingerprint density at radius 1 is 1.67 bits per heavy atom. The van der Waals surface area contributed by atoms with E-state index in [0.717, 1.165) is 12.5 Å². The second-order valence-corrected chi connectivity index (χ2v) is 4.37. The van der Waals surface area contributed by atoms with E-state index in [-0.39, 0.29) is 0 Å². The van der Waals surface area contributed by atoms with Gasteiger partial charge in [-0.15, -0.1) is 11.3 Å². The van der Waals surface area contributed by atoms with Crippen LogP contribution in [0.5, 0.6) is 0 Å². The Morgan fingerprint density at radius 3 is 3.08 bits per heavy atom. The molecule has 66 valence electrons. The van der Waals surface area contributed by atoms with Crippen LogP contribution in [0.4, 0.5) is 0 Å². The Hall–Kier alpha value is -0.410. The van der Waals surface area contributed by atoms with Crippen molar-refractivity contribution in [1.29, 1.82) is 0 Å². The van der Waals surface area contributed by atoms with Crippen LogP contribution in [-0.2, 0) is 6.54 Å². The third kappa shape index (κ3) is 2.05. The number of nitrogens with zero attached hydrogens (tertiary/aromatic N) is 1. The average molecular weight is 182 g/mol. The summed E-state index contributed by atoms with van der Waals surface area (Å²) in [5.41, 5.74) is 3.10. The molecule has 1 aromatic heterocycles. The van der Waals surface area contributed by atoms with Gasteiger partial charge in [-0.05, 0) is 32.2 Å². The van der Waals surface area contributed by atoms with Crippen molar-refractivity contribution in [3.63, 3.8) is 0 Å². The zero-order valence-corrected chi connectivity index (χ0v) is 8.16. The highest BCUT2D eigenvalue weighted by molar-refractivity contribution is 7.09. The normalized spacial score (nSPS) is 16.8. The molecule has 1 heterocycles. The van der Waals surface area contributed by atoms with Crippen LogP contribution >= 0.6 is 11.3 Å². The number of aromatic nitrogens is 1. The van der Waals surface area contributed by atoms with Gasteiger partial charge in [-0.25, -0.2) is 4.98 Å². The zero-order chi connectivity index (χ0) is 8.39. The largest absolute Gasteiger partial charge is 0.312 e. The van der Waals surface area contributed by atoms with Crippen LogP contribution in [0, 0.1) is 12.8 Å². The first kappa shape index (κ1) is 8.20. The van der Waals surface area contributed by atoms with Gasteiger partial charge >= 0.3 is 0 Å². The van der Waals surface area contributed by atoms with E-state index in [9.17, 15) is 0 Å². The third-order valence-corrected chi connectivity index (χ3v) is 3.20. The van der Waals surface area contributed by atoms with Crippen LogP contribution in [0.2, 0.25) is 0 Å². The topological polar surface area (TPSA) is 24.9 Å². The summed E-state index contributed by atoms with van der Waals surface area (Å²) in [6, 6.07) is 0. The summed E-state index contributed by atoms with van der Waals surface area (Å²) >= 11 is 1.75. The number of rotatable bonds is 4. The summed E-state index contributed by atoms with van der Waals surface area (Å²) < 4.78 is 0. The van der Waals surface area contributed by atoms with Crippen molar-refractivity contribution in [1.82, 2.24) is 10.3 Å². The molecule has 0 bridgehead atoms. The van der Waals surface area contributed by atoms with Gasteiger partial charge in [0, 0.05) is 11.4 Å². The van der Waals surface area contributed by atoms with Crippen molar-refractivity contribution in [2.45, 2.75) is 26.3 Å². The van der Waals surface area contributed by atoms with Gasteiger partial charge in [0.2, 0.25) is 0 Å². The number of hydrogen-bond donors (Lipinski definition) is 1. The van der Waals surface area contributed by atoms with E-state index in [1.165, 1.54) is 30.0 Å². The number of aryl methyl sites for hydroxylation is 1. The summed E-state index contributed by atoms with van der Waals surface area (Å²) in [6.07, 6.45) is 2.85. The zero-order valence-electron chi connectivity index (χ0n) is 7.34. The van der Waals surface area contributed by atoms with Gasteiger partial charge in [0.05, 0.1) is 11.2 Å². The molecule has 0 aromatic carbocycles. The summed E-state index contributed by atoms with van der Waals surface area (Å²) in [4.78, 5) is 5.59. The minimum Gasteiger partial charge on any atom is -0.312 e. The second-order valence-electron chi connectivity index (χ2n) is 3.44. The fourth-order valence-electron chi connectivity index (χ4n) is 1.21. The van der Waals surface area contributed by atoms with Crippen LogP contribution in [0.1, 0.15) is 23.4 Å². The molecule has 0 radical (unpaired) electrons. The Labute approximate surface area is 77.0 Å². The van der Waals surface area contributed by atoms with Crippen LogP contribution < -0.4 is 5.32 Å². The van der Waals surface area contributed by atoms with Crippen molar-refractivity contribution in [3.05, 3.63) is 16.1 Å². The Kier molecular flexibility index (Phi) is 2.42. The highest BCUT2D eigenvalue weighted by Crippen LogP contribution is 2.27. The Bertz CT molecular complexity index is 253. The molecule has 1 aliphatic carbocycles. The SMILES string of the molecule is Cc1ncsc1CNCC1CC1. The molecule has 0 aliphatic heterocycles. The smallest absolute Gasteiger partial charge is 0.0798 e. The van der Waals surface area contributed by atoms with Crippen LogP contribution in [0.25, 0.3) is 0 Å². The standard InChI is InChI=1S/C9H14N2S/c1-7-9(12-6-11-7)5-10-4-8-2-3-8/h6,8,10H,2-5H2,1H3. The van der Waals surface area contributed by atoms with E-state index in [2.05, 4.69) is 17.2 Å². The summed E-state index contributed by atoms with van der Waals surface area (Å²) in [5, 5.41) is 3.46. The lowest BCUT2D eigenvalue weighted by Gasteiger charge is -2.00. The number of thiazole rings is 1. The number of nitrogens with one attached hydrogen (secondary N) is 1. The maximum atomic E-state index is 4.21. The molecule has 2 nitrogen and oxygen atoms in total. The first-order valence-electron chi connectivity index (χ1n) is 4.46. The molecule has 0 saturated heterocycles. The molecule has 0 unspecified atom stereocenters. The highest BCUT2D eigenvalue weighted by Gasteiger charge is 2.20. The highest BCUT2D eigenvalue weighted by atomic mass is 32.1. The van der Waals surface area contributed by atoms with Gasteiger partial charge in [0.25, 0.3) is 0 Å². The first-order chi connectivity index (χ1) is 5.86. The monoisotopic (exact) mass is 182 g/mol. The predicted molar refractivity (Wildman–Crippen MR) is 51.3 cm³/mol. The molecule has 1 N–H and O–H groups in total. The molecular formula is C9H14N2S. The van der Waals surface area contributed by atoms with Crippen LogP contribution in [-0.4, -0.2) is 11.5 Å². The van der Waals surface area contributed by atoms with Crippen molar-refractivity contribution in [3.8, 4) is 0 Å². The summed E-state index contributed by atoms with van der Waals surface area (Å²) in [6.45, 7) is 4.27. The minimum atomic E-state index is 0.971. The summed E-state index contributed by atoms with van der Waals surface area (Å²) in [5.74, 6) is 0.971. The molecule has 1 fully saturated rings. The maximum absolute atomic E-state index is 4.21. The molecule has 0 amide bonds. The van der Waals surface area contributed by atoms with Crippen molar-refractivity contribution >= 4 is 11.3 Å². The number of hydrogen-bond acceptors (Lipinski definition) is 3. The molecule has 1 saturated carbocycles. The van der Waals surface area contributed by atoms with E-state index in [0.29, 0.717) is 0 Å². The van der Waals surface area contributed by atoms with E-state index < -0.39 is 0 Å². The van der Waals surface area contributed by atoms with Gasteiger partial charge in [-0.1, -0.05) is 0 Å². The van der Waals surface area contributed by atoms with Gasteiger partial charge in [0.15, 0.2) is 0 Å². The van der Waals surface area contributed by atoms with Crippen LogP contribution in [0.15, 0.2) is 5.51 Å². The lowest BCUT2D eigenvalue weighted by atomic mass is 10.3. The maximum Gasteiger partial charge on any atom is 0.0798 e. The van der Waals surface area contributed by atoms with Crippen molar-refractivity contribution < 1.29 is 0 Å². The third-order valence-electron chi connectivity index (χ3n) is 2.26. The molecule has 0 atom stereocenters. The van der Waals surface area contributed by atoms with E-state index >= 15 is 0 Å². The van der Waals surface area contributed by atoms with E-state index in [4.69, 9.17) is 0 Å². The minimum absolute atomic E-state index is 0.971. The fraction of sp³-hybridized carbons (Fsp3) is 0.667. The quantitative estimate of drug-likeness (QED) is 0.770. The average Bonchev–Trinajstić information content (AvgIpc) is 2.78. The molecule has 3 heteroatoms. The molecular weight excluding hydrogens is 168 g/mol.